The van der Waals surface area contributed by atoms with Gasteiger partial charge in [0.25, 0.3) is 0 Å². The second kappa shape index (κ2) is 6.63. The van der Waals surface area contributed by atoms with Crippen molar-refractivity contribution in [2.24, 2.45) is 0 Å². The van der Waals surface area contributed by atoms with E-state index >= 15 is 0 Å². The summed E-state index contributed by atoms with van der Waals surface area (Å²) in [6.45, 7) is 9.37. The molecule has 0 unspecified atom stereocenters. The van der Waals surface area contributed by atoms with Crippen LogP contribution in [0.25, 0.3) is 0 Å². The molecule has 2 N–H and O–H groups in total. The zero-order valence-electron chi connectivity index (χ0n) is 15.0. The number of carbonyl (C=O) groups is 1. The predicted octanol–water partition coefficient (Wildman–Crippen LogP) is 3.03. The molecular weight excluding hydrogens is 302 g/mol. The molecule has 2 aliphatic rings. The number of anilines is 1. The average molecular weight is 331 g/mol. The van der Waals surface area contributed by atoms with E-state index in [0.717, 1.165) is 51.1 Å². The lowest BCUT2D eigenvalue weighted by atomic mass is 9.95. The molecule has 0 radical (unpaired) electrons. The van der Waals surface area contributed by atoms with Gasteiger partial charge in [-0.3, -0.25) is 4.90 Å². The number of hydrogen-bond donors (Lipinski definition) is 1. The second-order valence-electron chi connectivity index (χ2n) is 7.95. The maximum atomic E-state index is 12.2. The van der Waals surface area contributed by atoms with E-state index in [4.69, 9.17) is 10.5 Å². The van der Waals surface area contributed by atoms with E-state index in [9.17, 15) is 4.79 Å². The highest BCUT2D eigenvalue weighted by molar-refractivity contribution is 5.68. The number of nitrogens with zero attached hydrogens (tertiary/aromatic N) is 2. The number of ether oxygens (including phenoxy) is 1. The third-order valence-corrected chi connectivity index (χ3v) is 4.90. The molecular formula is C19H29N3O2. The first-order chi connectivity index (χ1) is 11.3. The van der Waals surface area contributed by atoms with Crippen LogP contribution in [0.3, 0.4) is 0 Å². The highest BCUT2D eigenvalue weighted by Gasteiger charge is 2.30. The first kappa shape index (κ1) is 17.1. The molecule has 1 fully saturated rings. The molecule has 5 nitrogen and oxygen atoms in total. The molecule has 0 atom stereocenters. The minimum absolute atomic E-state index is 0.180. The van der Waals surface area contributed by atoms with Crippen LogP contribution in [0.1, 0.15) is 44.7 Å². The summed E-state index contributed by atoms with van der Waals surface area (Å²) in [5.74, 6) is 0. The van der Waals surface area contributed by atoms with E-state index in [1.807, 2.05) is 31.7 Å². The van der Waals surface area contributed by atoms with Gasteiger partial charge in [0.2, 0.25) is 0 Å². The molecule has 132 valence electrons. The van der Waals surface area contributed by atoms with Gasteiger partial charge in [0, 0.05) is 37.9 Å². The van der Waals surface area contributed by atoms with Crippen LogP contribution in [0, 0.1) is 0 Å². The molecule has 0 aromatic heterocycles. The van der Waals surface area contributed by atoms with Crippen LogP contribution in [0.15, 0.2) is 18.2 Å². The van der Waals surface area contributed by atoms with E-state index < -0.39 is 5.60 Å². The Morgan fingerprint density at radius 1 is 1.17 bits per heavy atom. The summed E-state index contributed by atoms with van der Waals surface area (Å²) in [5, 5.41) is 0. The van der Waals surface area contributed by atoms with Crippen molar-refractivity contribution in [1.82, 2.24) is 9.80 Å². The lowest BCUT2D eigenvalue weighted by Crippen LogP contribution is -2.49. The van der Waals surface area contributed by atoms with Gasteiger partial charge in [-0.2, -0.15) is 0 Å². The van der Waals surface area contributed by atoms with Gasteiger partial charge in [-0.05, 0) is 63.3 Å². The Labute approximate surface area is 144 Å². The van der Waals surface area contributed by atoms with Gasteiger partial charge in [0.15, 0.2) is 0 Å². The topological polar surface area (TPSA) is 58.8 Å². The number of nitrogens with two attached hydrogens (primary N) is 1. The van der Waals surface area contributed by atoms with Crippen molar-refractivity contribution in [1.29, 1.82) is 0 Å². The molecule has 5 heteroatoms. The zero-order valence-corrected chi connectivity index (χ0v) is 15.0. The van der Waals surface area contributed by atoms with Crippen LogP contribution in [0.2, 0.25) is 0 Å². The molecule has 1 aromatic carbocycles. The first-order valence-corrected chi connectivity index (χ1v) is 8.91. The van der Waals surface area contributed by atoms with E-state index in [1.54, 1.807) is 0 Å². The van der Waals surface area contributed by atoms with Gasteiger partial charge in [-0.1, -0.05) is 6.07 Å². The van der Waals surface area contributed by atoms with Gasteiger partial charge in [-0.25, -0.2) is 4.79 Å². The Morgan fingerprint density at radius 3 is 2.54 bits per heavy atom. The van der Waals surface area contributed by atoms with Crippen LogP contribution in [0.4, 0.5) is 10.5 Å². The second-order valence-corrected chi connectivity index (χ2v) is 7.95. The number of fused-ring (bicyclic) bond motifs is 1. The number of rotatable bonds is 1. The number of amides is 1. The molecule has 0 bridgehead atoms. The van der Waals surface area contributed by atoms with Crippen molar-refractivity contribution < 1.29 is 9.53 Å². The molecule has 0 aliphatic carbocycles. The SMILES string of the molecule is CC(C)(C)OC(=O)N1CCC(N2CCc3cc(N)ccc3C2)CC1. The maximum Gasteiger partial charge on any atom is 0.410 e. The third-order valence-electron chi connectivity index (χ3n) is 4.90. The predicted molar refractivity (Wildman–Crippen MR) is 95.8 cm³/mol. The molecule has 2 aliphatic heterocycles. The molecule has 2 heterocycles. The minimum atomic E-state index is -0.424. The van der Waals surface area contributed by atoms with Gasteiger partial charge < -0.3 is 15.4 Å². The summed E-state index contributed by atoms with van der Waals surface area (Å²) in [7, 11) is 0. The molecule has 0 spiro atoms. The fourth-order valence-electron chi connectivity index (χ4n) is 3.65. The summed E-state index contributed by atoms with van der Waals surface area (Å²) >= 11 is 0. The van der Waals surface area contributed by atoms with Crippen molar-refractivity contribution >= 4 is 11.8 Å². The number of nitrogen functional groups attached to an aromatic ring is 1. The van der Waals surface area contributed by atoms with Gasteiger partial charge in [-0.15, -0.1) is 0 Å². The summed E-state index contributed by atoms with van der Waals surface area (Å²) in [5.41, 5.74) is 9.09. The molecule has 24 heavy (non-hydrogen) atoms. The Balaban J connectivity index is 1.54. The van der Waals surface area contributed by atoms with E-state index in [2.05, 4.69) is 17.0 Å². The number of carbonyl (C=O) groups excluding carboxylic acids is 1. The van der Waals surface area contributed by atoms with E-state index in [1.165, 1.54) is 11.1 Å². The molecule has 0 saturated carbocycles. The third kappa shape index (κ3) is 4.01. The lowest BCUT2D eigenvalue weighted by Gasteiger charge is -2.40. The van der Waals surface area contributed by atoms with Crippen LogP contribution in [-0.2, 0) is 17.7 Å². The largest absolute Gasteiger partial charge is 0.444 e. The number of hydrogen-bond acceptors (Lipinski definition) is 4. The van der Waals surface area contributed by atoms with Gasteiger partial charge in [0.05, 0.1) is 0 Å². The summed E-state index contributed by atoms with van der Waals surface area (Å²) < 4.78 is 5.48. The molecule has 1 saturated heterocycles. The van der Waals surface area contributed by atoms with Crippen molar-refractivity contribution in [2.45, 2.75) is 58.2 Å². The fraction of sp³-hybridized carbons (Fsp3) is 0.632. The van der Waals surface area contributed by atoms with E-state index in [-0.39, 0.29) is 6.09 Å². The zero-order chi connectivity index (χ0) is 17.3. The summed E-state index contributed by atoms with van der Waals surface area (Å²) in [4.78, 5) is 16.6. The smallest absolute Gasteiger partial charge is 0.410 e. The van der Waals surface area contributed by atoms with Gasteiger partial charge >= 0.3 is 6.09 Å². The maximum absolute atomic E-state index is 12.2. The Bertz CT molecular complexity index is 601. The average Bonchev–Trinajstić information content (AvgIpc) is 2.53. The van der Waals surface area contributed by atoms with Crippen molar-refractivity contribution in [3.8, 4) is 0 Å². The van der Waals surface area contributed by atoms with E-state index in [0.29, 0.717) is 6.04 Å². The van der Waals surface area contributed by atoms with Crippen LogP contribution < -0.4 is 5.73 Å². The minimum Gasteiger partial charge on any atom is -0.444 e. The summed E-state index contributed by atoms with van der Waals surface area (Å²) in [6, 6.07) is 6.81. The van der Waals surface area contributed by atoms with Gasteiger partial charge in [0.1, 0.15) is 5.60 Å². The number of benzene rings is 1. The quantitative estimate of drug-likeness (QED) is 0.804. The lowest BCUT2D eigenvalue weighted by molar-refractivity contribution is 0.0134. The Hall–Kier alpha value is -1.75. The fourth-order valence-corrected chi connectivity index (χ4v) is 3.65. The number of piperidine rings is 1. The first-order valence-electron chi connectivity index (χ1n) is 8.91. The molecule has 1 amide bonds. The highest BCUT2D eigenvalue weighted by Crippen LogP contribution is 2.26. The Kier molecular flexibility index (Phi) is 4.72. The Morgan fingerprint density at radius 2 is 1.88 bits per heavy atom. The monoisotopic (exact) mass is 331 g/mol. The van der Waals surface area contributed by atoms with Crippen molar-refractivity contribution in [3.05, 3.63) is 29.3 Å². The molecule has 3 rings (SSSR count). The van der Waals surface area contributed by atoms with Crippen molar-refractivity contribution in [3.63, 3.8) is 0 Å². The molecule has 1 aromatic rings. The highest BCUT2D eigenvalue weighted by atomic mass is 16.6. The normalized spacial score (nSPS) is 19.9. The standard InChI is InChI=1S/C19H29N3O2/c1-19(2,3)24-18(23)21-10-7-17(8-11-21)22-9-6-14-12-16(20)5-4-15(14)13-22/h4-5,12,17H,6-11,13,20H2,1-3H3. The van der Waals surface area contributed by atoms with Crippen LogP contribution in [-0.4, -0.2) is 47.2 Å². The van der Waals surface area contributed by atoms with Crippen LogP contribution >= 0.6 is 0 Å². The van der Waals surface area contributed by atoms with Crippen LogP contribution in [0.5, 0.6) is 0 Å². The van der Waals surface area contributed by atoms with Crippen molar-refractivity contribution in [2.75, 3.05) is 25.4 Å². The summed E-state index contributed by atoms with van der Waals surface area (Å²) in [6.07, 6.45) is 2.92. The number of likely N-dealkylation sites (tertiary alicyclic amines) is 1.